The normalized spacial score (nSPS) is 14.3. The van der Waals surface area contributed by atoms with Crippen LogP contribution in [0.15, 0.2) is 11.7 Å². The number of hydrogen-bond acceptors (Lipinski definition) is 1. The van der Waals surface area contributed by atoms with Crippen molar-refractivity contribution in [1.29, 1.82) is 0 Å². The largest absolute Gasteiger partial charge is 0.302 e. The van der Waals surface area contributed by atoms with Gasteiger partial charge >= 0.3 is 0 Å². The van der Waals surface area contributed by atoms with Crippen LogP contribution in [0.25, 0.3) is 0 Å². The van der Waals surface area contributed by atoms with Crippen LogP contribution in [-0.2, 0) is 4.79 Å². The molecule has 0 aromatic carbocycles. The zero-order chi connectivity index (χ0) is 9.07. The molecule has 0 spiro atoms. The summed E-state index contributed by atoms with van der Waals surface area (Å²) < 4.78 is 36.3. The minimum absolute atomic E-state index is 0.234. The van der Waals surface area contributed by atoms with E-state index in [0.717, 1.165) is 0 Å². The van der Waals surface area contributed by atoms with E-state index in [4.69, 9.17) is 0 Å². The Hall–Kier alpha value is -0.800. The summed E-state index contributed by atoms with van der Waals surface area (Å²) in [6, 6.07) is 0. The second kappa shape index (κ2) is 3.55. The summed E-state index contributed by atoms with van der Waals surface area (Å²) in [5, 5.41) is 0. The van der Waals surface area contributed by atoms with Crippen LogP contribution in [-0.4, -0.2) is 13.0 Å². The third kappa shape index (κ3) is 2.37. The topological polar surface area (TPSA) is 17.1 Å². The Balaban J connectivity index is 4.71. The molecule has 0 aliphatic rings. The summed E-state index contributed by atoms with van der Waals surface area (Å²) >= 11 is 0. The van der Waals surface area contributed by atoms with E-state index in [2.05, 4.69) is 0 Å². The Bertz CT molecular complexity index is 184. The molecule has 0 unspecified atom stereocenters. The number of carbonyl (C=O) groups excluding carboxylic acids is 1. The van der Waals surface area contributed by atoms with Gasteiger partial charge in [0.25, 0.3) is 0 Å². The van der Waals surface area contributed by atoms with Crippen LogP contribution in [0.4, 0.5) is 13.2 Å². The lowest BCUT2D eigenvalue weighted by Crippen LogP contribution is -2.15. The Morgan fingerprint density at radius 3 is 2.18 bits per heavy atom. The summed E-state index contributed by atoms with van der Waals surface area (Å²) in [6.45, 7) is 0.832. The Labute approximate surface area is 62.9 Å². The van der Waals surface area contributed by atoms with Gasteiger partial charge in [-0.05, 0) is 13.8 Å². The molecule has 0 heterocycles. The number of halogens is 3. The molecule has 1 nitrogen and oxygen atoms in total. The van der Waals surface area contributed by atoms with Crippen molar-refractivity contribution >= 4 is 6.29 Å². The molecule has 0 saturated heterocycles. The van der Waals surface area contributed by atoms with Crippen LogP contribution >= 0.6 is 0 Å². The Morgan fingerprint density at radius 2 is 1.91 bits per heavy atom. The summed E-state index contributed by atoms with van der Waals surface area (Å²) in [7, 11) is 0. The summed E-state index contributed by atoms with van der Waals surface area (Å²) in [5.74, 6) is -2.85. The first-order chi connectivity index (χ1) is 4.95. The van der Waals surface area contributed by atoms with E-state index in [1.807, 2.05) is 0 Å². The van der Waals surface area contributed by atoms with Crippen molar-refractivity contribution in [3.05, 3.63) is 11.7 Å². The van der Waals surface area contributed by atoms with Crippen molar-refractivity contribution < 1.29 is 18.0 Å². The molecule has 11 heavy (non-hydrogen) atoms. The SMILES string of the molecule is CC(C)(C=O)/C(F)=C(/F)CF. The molecule has 0 fully saturated rings. The molecular formula is C7H9F3O. The number of allylic oxidation sites excluding steroid dienone is 2. The minimum Gasteiger partial charge on any atom is -0.302 e. The highest BCUT2D eigenvalue weighted by atomic mass is 19.2. The molecule has 0 aliphatic heterocycles. The van der Waals surface area contributed by atoms with Crippen molar-refractivity contribution in [3.8, 4) is 0 Å². The van der Waals surface area contributed by atoms with E-state index in [1.165, 1.54) is 13.8 Å². The Morgan fingerprint density at radius 1 is 1.45 bits per heavy atom. The van der Waals surface area contributed by atoms with E-state index >= 15 is 0 Å². The van der Waals surface area contributed by atoms with Crippen molar-refractivity contribution in [2.45, 2.75) is 13.8 Å². The van der Waals surface area contributed by atoms with Crippen LogP contribution < -0.4 is 0 Å². The van der Waals surface area contributed by atoms with E-state index in [1.54, 1.807) is 0 Å². The average molecular weight is 166 g/mol. The molecule has 0 aromatic heterocycles. The van der Waals surface area contributed by atoms with Gasteiger partial charge in [0.1, 0.15) is 18.8 Å². The summed E-state index contributed by atoms with van der Waals surface area (Å²) in [5.41, 5.74) is -1.56. The summed E-state index contributed by atoms with van der Waals surface area (Å²) in [4.78, 5) is 10.1. The lowest BCUT2D eigenvalue weighted by atomic mass is 9.93. The van der Waals surface area contributed by atoms with Crippen molar-refractivity contribution in [3.63, 3.8) is 0 Å². The monoisotopic (exact) mass is 166 g/mol. The predicted octanol–water partition coefficient (Wildman–Crippen LogP) is 2.33. The maximum atomic E-state index is 12.6. The lowest BCUT2D eigenvalue weighted by molar-refractivity contribution is -0.113. The fourth-order valence-electron chi connectivity index (χ4n) is 0.460. The molecule has 64 valence electrons. The molecule has 0 N–H and O–H groups in total. The quantitative estimate of drug-likeness (QED) is 0.588. The molecule has 0 saturated carbocycles. The third-order valence-corrected chi connectivity index (χ3v) is 1.22. The number of alkyl halides is 1. The lowest BCUT2D eigenvalue weighted by Gasteiger charge is -2.13. The van der Waals surface area contributed by atoms with Crippen LogP contribution in [0.5, 0.6) is 0 Å². The van der Waals surface area contributed by atoms with Gasteiger partial charge in [0.15, 0.2) is 5.83 Å². The zero-order valence-corrected chi connectivity index (χ0v) is 6.33. The number of carbonyl (C=O) groups is 1. The van der Waals surface area contributed by atoms with Gasteiger partial charge in [-0.25, -0.2) is 13.2 Å². The molecule has 0 rings (SSSR count). The van der Waals surface area contributed by atoms with Gasteiger partial charge in [-0.3, -0.25) is 0 Å². The molecule has 0 amide bonds. The van der Waals surface area contributed by atoms with Crippen LogP contribution in [0.3, 0.4) is 0 Å². The van der Waals surface area contributed by atoms with Crippen molar-refractivity contribution in [1.82, 2.24) is 0 Å². The number of aldehydes is 1. The predicted molar refractivity (Wildman–Crippen MR) is 35.1 cm³/mol. The van der Waals surface area contributed by atoms with Crippen molar-refractivity contribution in [2.75, 3.05) is 6.67 Å². The molecule has 0 bridgehead atoms. The fourth-order valence-corrected chi connectivity index (χ4v) is 0.460. The standard InChI is InChI=1S/C7H9F3O/c1-7(2,4-11)6(10)5(9)3-8/h4H,3H2,1-2H3/b6-5-. The van der Waals surface area contributed by atoms with Crippen LogP contribution in [0.1, 0.15) is 13.8 Å². The zero-order valence-electron chi connectivity index (χ0n) is 6.33. The molecule has 0 aromatic rings. The highest BCUT2D eigenvalue weighted by molar-refractivity contribution is 5.62. The van der Waals surface area contributed by atoms with E-state index in [9.17, 15) is 18.0 Å². The molecule has 0 atom stereocenters. The van der Waals surface area contributed by atoms with Gasteiger partial charge < -0.3 is 4.79 Å². The maximum Gasteiger partial charge on any atom is 0.163 e. The molecular weight excluding hydrogens is 157 g/mol. The van der Waals surface area contributed by atoms with Gasteiger partial charge in [-0.15, -0.1) is 0 Å². The first-order valence-electron chi connectivity index (χ1n) is 3.02. The molecule has 0 radical (unpaired) electrons. The van der Waals surface area contributed by atoms with Gasteiger partial charge in [0, 0.05) is 0 Å². The maximum absolute atomic E-state index is 12.6. The van der Waals surface area contributed by atoms with Gasteiger partial charge in [0.05, 0.1) is 5.41 Å². The van der Waals surface area contributed by atoms with Gasteiger partial charge in [0.2, 0.25) is 0 Å². The van der Waals surface area contributed by atoms with E-state index < -0.39 is 23.7 Å². The Kier molecular flexibility index (Phi) is 3.29. The van der Waals surface area contributed by atoms with E-state index in [-0.39, 0.29) is 6.29 Å². The average Bonchev–Trinajstić information content (AvgIpc) is 2.01. The van der Waals surface area contributed by atoms with Gasteiger partial charge in [-0.1, -0.05) is 0 Å². The third-order valence-electron chi connectivity index (χ3n) is 1.22. The van der Waals surface area contributed by atoms with E-state index in [0.29, 0.717) is 0 Å². The molecule has 0 aliphatic carbocycles. The second-order valence-corrected chi connectivity index (χ2v) is 2.69. The van der Waals surface area contributed by atoms with Crippen LogP contribution in [0.2, 0.25) is 0 Å². The summed E-state index contributed by atoms with van der Waals surface area (Å²) in [6.07, 6.45) is 0.234. The smallest absolute Gasteiger partial charge is 0.163 e. The van der Waals surface area contributed by atoms with Crippen LogP contribution in [0, 0.1) is 5.41 Å². The minimum atomic E-state index is -1.56. The van der Waals surface area contributed by atoms with Gasteiger partial charge in [-0.2, -0.15) is 0 Å². The highest BCUT2D eigenvalue weighted by Gasteiger charge is 2.26. The fraction of sp³-hybridized carbons (Fsp3) is 0.571. The second-order valence-electron chi connectivity index (χ2n) is 2.69. The first-order valence-corrected chi connectivity index (χ1v) is 3.02. The highest BCUT2D eigenvalue weighted by Crippen LogP contribution is 2.28. The first kappa shape index (κ1) is 10.2. The van der Waals surface area contributed by atoms with Crippen molar-refractivity contribution in [2.24, 2.45) is 5.41 Å². The number of rotatable bonds is 3. The molecule has 4 heteroatoms. The number of hydrogen-bond donors (Lipinski definition) is 0.